The van der Waals surface area contributed by atoms with Crippen molar-refractivity contribution in [2.75, 3.05) is 53.0 Å². The lowest BCUT2D eigenvalue weighted by atomic mass is 10.2. The van der Waals surface area contributed by atoms with Crippen LogP contribution in [-0.2, 0) is 9.53 Å². The summed E-state index contributed by atoms with van der Waals surface area (Å²) in [7, 11) is 1.83. The van der Waals surface area contributed by atoms with Gasteiger partial charge in [-0.3, -0.25) is 9.69 Å². The Bertz CT molecular complexity index is 503. The summed E-state index contributed by atoms with van der Waals surface area (Å²) in [6.45, 7) is 5.37. The zero-order valence-electron chi connectivity index (χ0n) is 13.9. The van der Waals surface area contributed by atoms with Gasteiger partial charge in [0.25, 0.3) is 0 Å². The molecule has 0 spiro atoms. The van der Waals surface area contributed by atoms with Crippen molar-refractivity contribution in [3.63, 3.8) is 0 Å². The molecule has 0 radical (unpaired) electrons. The number of aryl methyl sites for hydroxylation is 1. The van der Waals surface area contributed by atoms with Crippen LogP contribution in [0.1, 0.15) is 5.56 Å². The molecule has 6 nitrogen and oxygen atoms in total. The number of hydrogen-bond acceptors (Lipinski definition) is 5. The van der Waals surface area contributed by atoms with E-state index in [2.05, 4.69) is 0 Å². The topological polar surface area (TPSA) is 62.2 Å². The molecule has 1 aromatic carbocycles. The highest BCUT2D eigenvalue weighted by atomic mass is 16.5. The van der Waals surface area contributed by atoms with Crippen LogP contribution in [0.5, 0.6) is 5.75 Å². The number of aliphatic hydroxyl groups is 1. The van der Waals surface area contributed by atoms with Crippen LogP contribution in [0.4, 0.5) is 0 Å². The molecule has 1 aromatic rings. The standard InChI is InChI=1S/C17H26N2O4/c1-14-4-3-5-16(10-14)23-13-15(20)11-18(2)12-17(21)19-6-8-22-9-7-19/h3-5,10,15,20H,6-9,11-13H2,1-2H3. The summed E-state index contributed by atoms with van der Waals surface area (Å²) >= 11 is 0. The lowest BCUT2D eigenvalue weighted by Crippen LogP contribution is -2.46. The fraction of sp³-hybridized carbons (Fsp3) is 0.588. The van der Waals surface area contributed by atoms with Gasteiger partial charge in [-0.1, -0.05) is 12.1 Å². The minimum absolute atomic E-state index is 0.0719. The van der Waals surface area contributed by atoms with E-state index in [1.807, 2.05) is 43.1 Å². The predicted octanol–water partition coefficient (Wildman–Crippen LogP) is 0.525. The van der Waals surface area contributed by atoms with Crippen LogP contribution >= 0.6 is 0 Å². The van der Waals surface area contributed by atoms with E-state index in [9.17, 15) is 9.90 Å². The Morgan fingerprint density at radius 3 is 2.87 bits per heavy atom. The normalized spacial score (nSPS) is 16.4. The third-order valence-corrected chi connectivity index (χ3v) is 3.72. The Balaban J connectivity index is 1.69. The number of likely N-dealkylation sites (N-methyl/N-ethyl adjacent to an activating group) is 1. The van der Waals surface area contributed by atoms with Crippen LogP contribution < -0.4 is 4.74 Å². The van der Waals surface area contributed by atoms with Crippen LogP contribution in [0.2, 0.25) is 0 Å². The smallest absolute Gasteiger partial charge is 0.236 e. The van der Waals surface area contributed by atoms with Crippen molar-refractivity contribution >= 4 is 5.91 Å². The van der Waals surface area contributed by atoms with Crippen molar-refractivity contribution in [1.29, 1.82) is 0 Å². The second-order valence-electron chi connectivity index (χ2n) is 5.97. The van der Waals surface area contributed by atoms with Crippen molar-refractivity contribution < 1.29 is 19.4 Å². The van der Waals surface area contributed by atoms with Crippen LogP contribution in [-0.4, -0.2) is 80.0 Å². The monoisotopic (exact) mass is 322 g/mol. The minimum Gasteiger partial charge on any atom is -0.491 e. The van der Waals surface area contributed by atoms with Crippen molar-refractivity contribution in [3.8, 4) is 5.75 Å². The highest BCUT2D eigenvalue weighted by molar-refractivity contribution is 5.78. The number of carbonyl (C=O) groups excluding carboxylic acids is 1. The lowest BCUT2D eigenvalue weighted by molar-refractivity contribution is -0.136. The molecule has 1 amide bonds. The van der Waals surface area contributed by atoms with Gasteiger partial charge in [-0.2, -0.15) is 0 Å². The van der Waals surface area contributed by atoms with Crippen molar-refractivity contribution in [3.05, 3.63) is 29.8 Å². The van der Waals surface area contributed by atoms with Crippen LogP contribution in [0.3, 0.4) is 0 Å². The van der Waals surface area contributed by atoms with Gasteiger partial charge in [0, 0.05) is 19.6 Å². The molecule has 1 saturated heterocycles. The van der Waals surface area contributed by atoms with Gasteiger partial charge in [0.05, 0.1) is 19.8 Å². The fourth-order valence-corrected chi connectivity index (χ4v) is 2.52. The van der Waals surface area contributed by atoms with E-state index in [-0.39, 0.29) is 12.5 Å². The number of nitrogens with zero attached hydrogens (tertiary/aromatic N) is 2. The summed E-state index contributed by atoms with van der Waals surface area (Å²) in [4.78, 5) is 15.7. The molecule has 0 aliphatic carbocycles. The Kier molecular flexibility index (Phi) is 6.83. The van der Waals surface area contributed by atoms with Crippen LogP contribution in [0, 0.1) is 6.92 Å². The maximum Gasteiger partial charge on any atom is 0.236 e. The molecule has 0 aromatic heterocycles. The van der Waals surface area contributed by atoms with Gasteiger partial charge in [0.15, 0.2) is 0 Å². The van der Waals surface area contributed by atoms with Crippen LogP contribution in [0.15, 0.2) is 24.3 Å². The van der Waals surface area contributed by atoms with E-state index < -0.39 is 6.10 Å². The molecule has 128 valence electrons. The van der Waals surface area contributed by atoms with Crippen molar-refractivity contribution in [2.24, 2.45) is 0 Å². The molecular weight excluding hydrogens is 296 g/mol. The molecule has 1 aliphatic heterocycles. The zero-order valence-corrected chi connectivity index (χ0v) is 13.9. The average Bonchev–Trinajstić information content (AvgIpc) is 2.53. The number of amides is 1. The summed E-state index contributed by atoms with van der Waals surface area (Å²) < 4.78 is 10.8. The number of hydrogen-bond donors (Lipinski definition) is 1. The first-order valence-electron chi connectivity index (χ1n) is 7.96. The number of aliphatic hydroxyl groups excluding tert-OH is 1. The maximum atomic E-state index is 12.1. The second-order valence-corrected chi connectivity index (χ2v) is 5.97. The van der Waals surface area contributed by atoms with E-state index in [0.29, 0.717) is 39.4 Å². The summed E-state index contributed by atoms with van der Waals surface area (Å²) in [6, 6.07) is 7.71. The van der Waals surface area contributed by atoms with Gasteiger partial charge in [-0.15, -0.1) is 0 Å². The highest BCUT2D eigenvalue weighted by Crippen LogP contribution is 2.12. The largest absolute Gasteiger partial charge is 0.491 e. The molecule has 6 heteroatoms. The maximum absolute atomic E-state index is 12.1. The van der Waals surface area contributed by atoms with Gasteiger partial charge >= 0.3 is 0 Å². The van der Waals surface area contributed by atoms with Gasteiger partial charge < -0.3 is 19.5 Å². The zero-order chi connectivity index (χ0) is 16.7. The molecule has 0 saturated carbocycles. The van der Waals surface area contributed by atoms with Gasteiger partial charge in [-0.25, -0.2) is 0 Å². The molecule has 1 fully saturated rings. The summed E-state index contributed by atoms with van der Waals surface area (Å²) in [6.07, 6.45) is -0.641. The summed E-state index contributed by atoms with van der Waals surface area (Å²) in [5.41, 5.74) is 1.12. The molecule has 1 atom stereocenters. The lowest BCUT2D eigenvalue weighted by Gasteiger charge is -2.29. The van der Waals surface area contributed by atoms with E-state index in [4.69, 9.17) is 9.47 Å². The van der Waals surface area contributed by atoms with Crippen LogP contribution in [0.25, 0.3) is 0 Å². The van der Waals surface area contributed by atoms with E-state index in [1.165, 1.54) is 0 Å². The van der Waals surface area contributed by atoms with Gasteiger partial charge in [0.2, 0.25) is 5.91 Å². The molecule has 1 heterocycles. The minimum atomic E-state index is -0.641. The average molecular weight is 322 g/mol. The first-order chi connectivity index (χ1) is 11.0. The number of benzene rings is 1. The number of rotatable bonds is 7. The Hall–Kier alpha value is -1.63. The third-order valence-electron chi connectivity index (χ3n) is 3.72. The quantitative estimate of drug-likeness (QED) is 0.793. The number of ether oxygens (including phenoxy) is 2. The van der Waals surface area contributed by atoms with E-state index >= 15 is 0 Å². The van der Waals surface area contributed by atoms with Crippen molar-refractivity contribution in [2.45, 2.75) is 13.0 Å². The Morgan fingerprint density at radius 2 is 2.17 bits per heavy atom. The first-order valence-corrected chi connectivity index (χ1v) is 7.96. The van der Waals surface area contributed by atoms with Gasteiger partial charge in [0.1, 0.15) is 18.5 Å². The molecule has 2 rings (SSSR count). The SMILES string of the molecule is Cc1cccc(OCC(O)CN(C)CC(=O)N2CCOCC2)c1. The summed E-state index contributed by atoms with van der Waals surface area (Å²) in [5.74, 6) is 0.818. The molecule has 1 unspecified atom stereocenters. The molecular formula is C17H26N2O4. The number of carbonyl (C=O) groups is 1. The molecule has 1 aliphatic rings. The van der Waals surface area contributed by atoms with Crippen molar-refractivity contribution in [1.82, 2.24) is 9.80 Å². The Morgan fingerprint density at radius 1 is 1.43 bits per heavy atom. The highest BCUT2D eigenvalue weighted by Gasteiger charge is 2.19. The van der Waals surface area contributed by atoms with E-state index in [0.717, 1.165) is 11.3 Å². The van der Waals surface area contributed by atoms with Gasteiger partial charge in [-0.05, 0) is 31.7 Å². The molecule has 23 heavy (non-hydrogen) atoms. The van der Waals surface area contributed by atoms with E-state index in [1.54, 1.807) is 4.90 Å². The second kappa shape index (κ2) is 8.86. The first kappa shape index (κ1) is 17.7. The molecule has 1 N–H and O–H groups in total. The Labute approximate surface area is 137 Å². The summed E-state index contributed by atoms with van der Waals surface area (Å²) in [5, 5.41) is 10.1. The molecule has 0 bridgehead atoms. The number of morpholine rings is 1. The predicted molar refractivity (Wildman–Crippen MR) is 87.6 cm³/mol. The fourth-order valence-electron chi connectivity index (χ4n) is 2.52. The third kappa shape index (κ3) is 6.17.